The van der Waals surface area contributed by atoms with Crippen molar-refractivity contribution >= 4 is 17.5 Å². The zero-order valence-corrected chi connectivity index (χ0v) is 62.2. The topological polar surface area (TPSA) is 254 Å². The number of aryl methyl sites for hydroxylation is 1. The molecule has 0 radical (unpaired) electrons. The van der Waals surface area contributed by atoms with Crippen LogP contribution in [0.25, 0.3) is 0 Å². The number of alkyl halides is 6. The van der Waals surface area contributed by atoms with E-state index in [4.69, 9.17) is 17.2 Å². The Balaban J connectivity index is 0.000000614. The Morgan fingerprint density at radius 1 is 0.385 bits per heavy atom. The Labute approximate surface area is 570 Å². The Morgan fingerprint density at radius 3 is 0.917 bits per heavy atom. The van der Waals surface area contributed by atoms with E-state index in [9.17, 15) is 71.7 Å². The van der Waals surface area contributed by atoms with Gasteiger partial charge in [-0.3, -0.25) is 9.59 Å². The van der Waals surface area contributed by atoms with Gasteiger partial charge in [-0.05, 0) is 180 Å². The van der Waals surface area contributed by atoms with Crippen LogP contribution < -0.4 is 17.2 Å². The molecule has 0 saturated heterocycles. The first-order chi connectivity index (χ1) is 43.4. The predicted molar refractivity (Wildman–Crippen MR) is 380 cm³/mol. The quantitative estimate of drug-likeness (QED) is 0.0172. The van der Waals surface area contributed by atoms with Crippen LogP contribution in [0.5, 0.6) is 28.7 Å². The molecule has 0 heterocycles. The van der Waals surface area contributed by atoms with Crippen molar-refractivity contribution in [2.45, 2.75) is 299 Å². The Hall–Kier alpha value is -6.66. The van der Waals surface area contributed by atoms with Gasteiger partial charge in [0.1, 0.15) is 28.7 Å². The van der Waals surface area contributed by atoms with Crippen LogP contribution in [0.1, 0.15) is 325 Å². The van der Waals surface area contributed by atoms with Gasteiger partial charge in [0.05, 0.1) is 0 Å². The number of carbonyl (C=O) groups is 2. The third-order valence-corrected chi connectivity index (χ3v) is 17.1. The molecule has 5 aromatic carbocycles. The van der Waals surface area contributed by atoms with Gasteiger partial charge in [-0.25, -0.2) is 0 Å². The van der Waals surface area contributed by atoms with Crippen LogP contribution in [-0.4, -0.2) is 65.5 Å². The third kappa shape index (κ3) is 23.3. The minimum absolute atomic E-state index is 0.00859. The maximum absolute atomic E-state index is 13.2. The average Bonchev–Trinajstić information content (AvgIpc) is 0.766. The second-order valence-electron chi connectivity index (χ2n) is 31.1. The molecule has 0 saturated carbocycles. The normalized spacial score (nSPS) is 13.6. The van der Waals surface area contributed by atoms with Crippen LogP contribution in [0, 0.1) is 0 Å². The molecule has 0 aliphatic rings. The van der Waals surface area contributed by atoms with Gasteiger partial charge in [-0.1, -0.05) is 228 Å². The summed E-state index contributed by atoms with van der Waals surface area (Å²) in [5.41, 5.74) is 18.9. The highest BCUT2D eigenvalue weighted by Crippen LogP contribution is 2.46. The summed E-state index contributed by atoms with van der Waals surface area (Å²) >= 11 is 0. The van der Waals surface area contributed by atoms with E-state index in [1.54, 1.807) is 27.7 Å². The molecule has 0 aromatic heterocycles. The van der Waals surface area contributed by atoms with Crippen LogP contribution in [-0.2, 0) is 37.9 Å². The van der Waals surface area contributed by atoms with Crippen molar-refractivity contribution in [3.05, 3.63) is 139 Å². The van der Waals surface area contributed by atoms with Gasteiger partial charge in [0.2, 0.25) is 5.60 Å². The summed E-state index contributed by atoms with van der Waals surface area (Å²) in [6, 6.07) is 20.0. The molecule has 0 bridgehead atoms. The molecule has 2 unspecified atom stereocenters. The van der Waals surface area contributed by atoms with Gasteiger partial charge >= 0.3 is 12.4 Å². The number of aliphatic hydroxyl groups is 2. The molecule has 13 N–H and O–H groups in total. The Kier molecular flexibility index (Phi) is 31.6. The second kappa shape index (κ2) is 34.7. The number of unbranched alkanes of at least 4 members (excludes halogenated alkanes) is 3. The van der Waals surface area contributed by atoms with Crippen molar-refractivity contribution in [3.63, 3.8) is 0 Å². The number of hydrogen-bond donors (Lipinski definition) is 10. The number of rotatable bonds is 18. The summed E-state index contributed by atoms with van der Waals surface area (Å²) in [5, 5.41) is 70.6. The molecule has 12 nitrogen and oxygen atoms in total. The number of hydrogen-bond acceptors (Lipinski definition) is 10. The lowest BCUT2D eigenvalue weighted by molar-refractivity contribution is -0.255. The predicted octanol–water partition coefficient (Wildman–Crippen LogP) is 19.9. The van der Waals surface area contributed by atoms with Crippen LogP contribution >= 0.6 is 0 Å². The van der Waals surface area contributed by atoms with Crippen LogP contribution in [0.15, 0.2) is 66.7 Å². The molecule has 0 aliphatic carbocycles. The van der Waals surface area contributed by atoms with Gasteiger partial charge < -0.3 is 52.9 Å². The first-order valence-electron chi connectivity index (χ1n) is 33.6. The summed E-state index contributed by atoms with van der Waals surface area (Å²) < 4.78 is 78.0. The largest absolute Gasteiger partial charge is 0.507 e. The van der Waals surface area contributed by atoms with Crippen molar-refractivity contribution in [1.29, 1.82) is 0 Å². The van der Waals surface area contributed by atoms with E-state index >= 15 is 0 Å². The fraction of sp³-hybridized carbons (Fsp3) is 0.590. The molecule has 2 amide bonds. The summed E-state index contributed by atoms with van der Waals surface area (Å²) in [6.45, 7) is 50.9. The Bertz CT molecular complexity index is 3200. The number of primary amides is 2. The standard InChI is InChI=1S/C21H32F3NO3.C16H26O.C15H20F3NO3.C14H22O.C12H19NO/c1-13(2)16-11-15(12-17(14(3)4)18(16)26)9-7-5-6-8-10-20(28,19(25)27)21(22,23)24;1-10(2)13-8-12(16(5,6)7)9-14(11(3)4)15(13)17;1-7(2)10-5-9(6-11(8(3)4)12(10)20)14(22,13(19)21)15(16,17)18;1-13(2,3)10-8-7-9-11(12(10)15)14(4,5)6;1-7(2)10-5-9(13)6-11(8(3)4)12(10)14/h11-14,26,28H,5-10H2,1-4H3,(H2,25,27);8-11,17H,1-7H3;5-8,20,22H,1-4H3,(H2,19,21);7-9,15H,1-6H3;5-8,14H,13H2,1-4H3. The summed E-state index contributed by atoms with van der Waals surface area (Å²) in [7, 11) is 0. The van der Waals surface area contributed by atoms with Crippen molar-refractivity contribution in [3.8, 4) is 28.7 Å². The van der Waals surface area contributed by atoms with E-state index in [1.807, 2.05) is 70.2 Å². The number of phenolic OH excluding ortho intramolecular Hbond substituents is 5. The zero-order chi connectivity index (χ0) is 75.3. The molecule has 0 spiro atoms. The monoisotopic (exact) mass is 1360 g/mol. The number of carbonyl (C=O) groups excluding carboxylic acids is 2. The van der Waals surface area contributed by atoms with Gasteiger partial charge in [0, 0.05) is 11.3 Å². The van der Waals surface area contributed by atoms with E-state index in [1.165, 1.54) is 5.56 Å². The van der Waals surface area contributed by atoms with Gasteiger partial charge in [0.15, 0.2) is 0 Å². The van der Waals surface area contributed by atoms with E-state index in [2.05, 4.69) is 130 Å². The minimum Gasteiger partial charge on any atom is -0.507 e. The molecular weight excluding hydrogens is 1240 g/mol. The highest BCUT2D eigenvalue weighted by molar-refractivity contribution is 5.86. The third-order valence-electron chi connectivity index (χ3n) is 17.1. The highest BCUT2D eigenvalue weighted by atomic mass is 19.4. The fourth-order valence-electron chi connectivity index (χ4n) is 10.8. The molecule has 0 fully saturated rings. The lowest BCUT2D eigenvalue weighted by Gasteiger charge is -2.29. The average molecular weight is 1360 g/mol. The number of amides is 2. The maximum Gasteiger partial charge on any atom is 0.430 e. The van der Waals surface area contributed by atoms with Gasteiger partial charge in [-0.15, -0.1) is 0 Å². The smallest absolute Gasteiger partial charge is 0.430 e. The number of nitrogen functional groups attached to an aromatic ring is 1. The molecule has 5 aromatic rings. The summed E-state index contributed by atoms with van der Waals surface area (Å²) in [6.07, 6.45) is -8.36. The summed E-state index contributed by atoms with van der Waals surface area (Å²) in [4.78, 5) is 22.3. The molecule has 5 rings (SSSR count). The minimum atomic E-state index is -5.27. The first kappa shape index (κ1) is 87.4. The second-order valence-corrected chi connectivity index (χ2v) is 31.1. The van der Waals surface area contributed by atoms with Crippen LogP contribution in [0.2, 0.25) is 0 Å². The molecule has 2 atom stereocenters. The van der Waals surface area contributed by atoms with Gasteiger partial charge in [-0.2, -0.15) is 26.3 Å². The number of phenols is 5. The Morgan fingerprint density at radius 2 is 0.667 bits per heavy atom. The number of nitrogens with two attached hydrogens (primary N) is 3. The van der Waals surface area contributed by atoms with Crippen molar-refractivity contribution in [2.24, 2.45) is 11.5 Å². The van der Waals surface area contributed by atoms with E-state index < -0.39 is 47.4 Å². The van der Waals surface area contributed by atoms with Crippen LogP contribution in [0.3, 0.4) is 0 Å². The number of para-hydroxylation sites is 1. The summed E-state index contributed by atoms with van der Waals surface area (Å²) in [5.74, 6) is -1.03. The molecule has 542 valence electrons. The van der Waals surface area contributed by atoms with Crippen molar-refractivity contribution in [1.82, 2.24) is 0 Å². The lowest BCUT2D eigenvalue weighted by Crippen LogP contribution is -2.55. The zero-order valence-electron chi connectivity index (χ0n) is 62.2. The van der Waals surface area contributed by atoms with Gasteiger partial charge in [0.25, 0.3) is 17.4 Å². The van der Waals surface area contributed by atoms with Crippen molar-refractivity contribution < 1.29 is 71.7 Å². The number of aromatic hydroxyl groups is 5. The number of halogens is 6. The SMILES string of the molecule is CC(C)(C)c1cccc(C(C)(C)C)c1O.CC(C)c1cc(C(C)(C)C)cc(C(C)C)c1O.CC(C)c1cc(C(O)(C(N)=O)C(F)(F)F)cc(C(C)C)c1O.CC(C)c1cc(CCCCCCC(O)(C(N)=O)C(F)(F)F)cc(C(C)C)c1O.CC(C)c1cc(N)cc(C(C)C)c1O. The molecule has 18 heteroatoms. The van der Waals surface area contributed by atoms with Crippen LogP contribution in [0.4, 0.5) is 32.0 Å². The highest BCUT2D eigenvalue weighted by Gasteiger charge is 2.60. The van der Waals surface area contributed by atoms with Crippen molar-refractivity contribution in [2.75, 3.05) is 5.73 Å². The van der Waals surface area contributed by atoms with E-state index in [0.717, 1.165) is 80.7 Å². The maximum atomic E-state index is 13.2. The fourth-order valence-corrected chi connectivity index (χ4v) is 10.8. The molecule has 96 heavy (non-hydrogen) atoms. The molecular formula is C78H119F6N3O9. The lowest BCUT2D eigenvalue weighted by atomic mass is 9.80. The number of anilines is 1. The van der Waals surface area contributed by atoms with E-state index in [0.29, 0.717) is 59.5 Å². The van der Waals surface area contributed by atoms with E-state index in [-0.39, 0.29) is 63.2 Å². The number of benzene rings is 5. The molecule has 0 aliphatic heterocycles. The first-order valence-corrected chi connectivity index (χ1v) is 33.6.